The molecule has 0 radical (unpaired) electrons. The molecule has 0 amide bonds. The molecule has 1 aliphatic rings. The lowest BCUT2D eigenvalue weighted by atomic mass is 10.1. The standard InChI is InChI=1S/C9H9Cl2N/c10-5-3-7-6(8(11)4-5)1-2-9(7)12/h3-4,9H,1-2,12H2/t9-/m0/s1. The van der Waals surface area contributed by atoms with Crippen LogP contribution in [0.15, 0.2) is 12.1 Å². The first kappa shape index (κ1) is 8.36. The molecule has 0 aliphatic heterocycles. The molecule has 2 N–H and O–H groups in total. The first-order chi connectivity index (χ1) is 5.68. The Kier molecular flexibility index (Phi) is 2.03. The van der Waals surface area contributed by atoms with E-state index >= 15 is 0 Å². The van der Waals surface area contributed by atoms with Crippen LogP contribution in [0.25, 0.3) is 0 Å². The van der Waals surface area contributed by atoms with Crippen molar-refractivity contribution in [3.8, 4) is 0 Å². The zero-order chi connectivity index (χ0) is 8.72. The van der Waals surface area contributed by atoms with Gasteiger partial charge in [-0.2, -0.15) is 0 Å². The van der Waals surface area contributed by atoms with E-state index in [-0.39, 0.29) is 6.04 Å². The molecule has 0 fully saturated rings. The highest BCUT2D eigenvalue weighted by Crippen LogP contribution is 2.36. The van der Waals surface area contributed by atoms with Crippen molar-refractivity contribution in [3.05, 3.63) is 33.3 Å². The second-order valence-corrected chi connectivity index (χ2v) is 3.94. The number of benzene rings is 1. The highest BCUT2D eigenvalue weighted by Gasteiger charge is 2.21. The zero-order valence-corrected chi connectivity index (χ0v) is 7.99. The minimum atomic E-state index is 0.121. The molecular formula is C9H9Cl2N. The number of hydrogen-bond donors (Lipinski definition) is 1. The predicted octanol–water partition coefficient (Wildman–Crippen LogP) is 2.94. The van der Waals surface area contributed by atoms with Gasteiger partial charge in [0, 0.05) is 16.1 Å². The van der Waals surface area contributed by atoms with Crippen molar-refractivity contribution in [1.29, 1.82) is 0 Å². The number of hydrogen-bond acceptors (Lipinski definition) is 1. The second kappa shape index (κ2) is 2.91. The molecule has 1 nitrogen and oxygen atoms in total. The fourth-order valence-corrected chi connectivity index (χ4v) is 2.28. The van der Waals surface area contributed by atoms with Crippen LogP contribution in [-0.4, -0.2) is 0 Å². The molecule has 0 unspecified atom stereocenters. The highest BCUT2D eigenvalue weighted by atomic mass is 35.5. The molecule has 0 heterocycles. The lowest BCUT2D eigenvalue weighted by molar-refractivity contribution is 0.713. The summed E-state index contributed by atoms with van der Waals surface area (Å²) in [5, 5.41) is 1.43. The van der Waals surface area contributed by atoms with E-state index in [0.29, 0.717) is 5.02 Å². The first-order valence-corrected chi connectivity index (χ1v) is 4.67. The van der Waals surface area contributed by atoms with Crippen molar-refractivity contribution >= 4 is 23.2 Å². The number of halogens is 2. The van der Waals surface area contributed by atoms with Gasteiger partial charge in [-0.25, -0.2) is 0 Å². The summed E-state index contributed by atoms with van der Waals surface area (Å²) in [6, 6.07) is 3.82. The molecule has 3 heteroatoms. The Morgan fingerprint density at radius 3 is 2.83 bits per heavy atom. The van der Waals surface area contributed by atoms with E-state index in [9.17, 15) is 0 Å². The molecule has 1 aromatic carbocycles. The molecule has 1 aliphatic carbocycles. The summed E-state index contributed by atoms with van der Waals surface area (Å²) in [4.78, 5) is 0. The van der Waals surface area contributed by atoms with Gasteiger partial charge in [0.25, 0.3) is 0 Å². The Balaban J connectivity index is 2.60. The first-order valence-electron chi connectivity index (χ1n) is 3.92. The normalized spacial score (nSPS) is 21.1. The van der Waals surface area contributed by atoms with Gasteiger partial charge >= 0.3 is 0 Å². The van der Waals surface area contributed by atoms with Crippen LogP contribution in [0.5, 0.6) is 0 Å². The lowest BCUT2D eigenvalue weighted by Crippen LogP contribution is -2.04. The third-order valence-electron chi connectivity index (χ3n) is 2.30. The monoisotopic (exact) mass is 201 g/mol. The van der Waals surface area contributed by atoms with E-state index in [4.69, 9.17) is 28.9 Å². The van der Waals surface area contributed by atoms with Gasteiger partial charge in [0.15, 0.2) is 0 Å². The summed E-state index contributed by atoms with van der Waals surface area (Å²) >= 11 is 11.9. The van der Waals surface area contributed by atoms with E-state index in [2.05, 4.69) is 0 Å². The third-order valence-corrected chi connectivity index (χ3v) is 2.86. The molecule has 64 valence electrons. The highest BCUT2D eigenvalue weighted by molar-refractivity contribution is 6.35. The fourth-order valence-electron chi connectivity index (χ4n) is 1.67. The Hall–Kier alpha value is -0.240. The smallest absolute Gasteiger partial charge is 0.0456 e. The van der Waals surface area contributed by atoms with Crippen LogP contribution in [0.2, 0.25) is 10.0 Å². The van der Waals surface area contributed by atoms with Gasteiger partial charge in [0.2, 0.25) is 0 Å². The molecule has 0 saturated heterocycles. The number of rotatable bonds is 0. The summed E-state index contributed by atoms with van der Waals surface area (Å²) in [6.07, 6.45) is 1.96. The van der Waals surface area contributed by atoms with Crippen LogP contribution in [0.3, 0.4) is 0 Å². The Labute approximate surface area is 81.5 Å². The van der Waals surface area contributed by atoms with Gasteiger partial charge < -0.3 is 5.73 Å². The van der Waals surface area contributed by atoms with Gasteiger partial charge in [-0.3, -0.25) is 0 Å². The van der Waals surface area contributed by atoms with Crippen molar-refractivity contribution in [3.63, 3.8) is 0 Å². The van der Waals surface area contributed by atoms with E-state index < -0.39 is 0 Å². The van der Waals surface area contributed by atoms with Crippen LogP contribution in [-0.2, 0) is 6.42 Å². The summed E-state index contributed by atoms with van der Waals surface area (Å²) in [7, 11) is 0. The summed E-state index contributed by atoms with van der Waals surface area (Å²) in [6.45, 7) is 0. The van der Waals surface area contributed by atoms with Crippen LogP contribution in [0.1, 0.15) is 23.6 Å². The Bertz CT molecular complexity index is 323. The summed E-state index contributed by atoms with van der Waals surface area (Å²) < 4.78 is 0. The van der Waals surface area contributed by atoms with E-state index in [1.54, 1.807) is 6.07 Å². The van der Waals surface area contributed by atoms with Crippen molar-refractivity contribution < 1.29 is 0 Å². The average molecular weight is 202 g/mol. The van der Waals surface area contributed by atoms with E-state index in [0.717, 1.165) is 23.4 Å². The van der Waals surface area contributed by atoms with Gasteiger partial charge in [-0.05, 0) is 36.1 Å². The average Bonchev–Trinajstić information content (AvgIpc) is 2.33. The van der Waals surface area contributed by atoms with Crippen molar-refractivity contribution in [2.75, 3.05) is 0 Å². The Morgan fingerprint density at radius 2 is 2.08 bits per heavy atom. The van der Waals surface area contributed by atoms with Gasteiger partial charge in [-0.1, -0.05) is 23.2 Å². The van der Waals surface area contributed by atoms with Crippen LogP contribution in [0, 0.1) is 0 Å². The largest absolute Gasteiger partial charge is 0.324 e. The molecule has 0 spiro atoms. The topological polar surface area (TPSA) is 26.0 Å². The maximum absolute atomic E-state index is 6.00. The van der Waals surface area contributed by atoms with Gasteiger partial charge in [-0.15, -0.1) is 0 Å². The minimum absolute atomic E-state index is 0.121. The second-order valence-electron chi connectivity index (χ2n) is 3.10. The molecule has 1 atom stereocenters. The number of fused-ring (bicyclic) bond motifs is 1. The van der Waals surface area contributed by atoms with E-state index in [1.165, 1.54) is 5.56 Å². The van der Waals surface area contributed by atoms with Crippen LogP contribution < -0.4 is 5.73 Å². The van der Waals surface area contributed by atoms with Crippen molar-refractivity contribution in [2.45, 2.75) is 18.9 Å². The molecule has 0 saturated carbocycles. The third kappa shape index (κ3) is 1.22. The summed E-state index contributed by atoms with van der Waals surface area (Å²) in [5.74, 6) is 0. The van der Waals surface area contributed by atoms with Crippen molar-refractivity contribution in [2.24, 2.45) is 5.73 Å². The molecule has 1 aromatic rings. The fraction of sp³-hybridized carbons (Fsp3) is 0.333. The van der Waals surface area contributed by atoms with Crippen molar-refractivity contribution in [1.82, 2.24) is 0 Å². The molecule has 12 heavy (non-hydrogen) atoms. The molecule has 2 rings (SSSR count). The molecule has 0 bridgehead atoms. The van der Waals surface area contributed by atoms with Gasteiger partial charge in [0.1, 0.15) is 0 Å². The summed E-state index contributed by atoms with van der Waals surface area (Å²) in [5.41, 5.74) is 8.16. The lowest BCUT2D eigenvalue weighted by Gasteiger charge is -2.05. The predicted molar refractivity (Wildman–Crippen MR) is 51.7 cm³/mol. The molecular weight excluding hydrogens is 193 g/mol. The SMILES string of the molecule is N[C@H]1CCc2c(Cl)cc(Cl)cc21. The van der Waals surface area contributed by atoms with Crippen LogP contribution in [0.4, 0.5) is 0 Å². The Morgan fingerprint density at radius 1 is 1.33 bits per heavy atom. The zero-order valence-electron chi connectivity index (χ0n) is 6.48. The molecule has 0 aromatic heterocycles. The van der Waals surface area contributed by atoms with Gasteiger partial charge in [0.05, 0.1) is 0 Å². The minimum Gasteiger partial charge on any atom is -0.324 e. The quantitative estimate of drug-likeness (QED) is 0.687. The van der Waals surface area contributed by atoms with Crippen LogP contribution >= 0.6 is 23.2 Å². The maximum Gasteiger partial charge on any atom is 0.0456 e. The van der Waals surface area contributed by atoms with E-state index in [1.807, 2.05) is 6.07 Å². The maximum atomic E-state index is 6.00. The number of nitrogens with two attached hydrogens (primary N) is 1.